The second kappa shape index (κ2) is 8.43. The third-order valence-corrected chi connectivity index (χ3v) is 5.75. The van der Waals surface area contributed by atoms with E-state index in [0.717, 1.165) is 18.7 Å². The molecule has 0 aromatic carbocycles. The number of nitrogens with one attached hydrogen (secondary N) is 2. The van der Waals surface area contributed by atoms with Gasteiger partial charge in [-0.3, -0.25) is 0 Å². The SMILES string of the molecule is CCNCc1cc(S(=O)(=O)NC(C)CCSC)c(Br)o1. The van der Waals surface area contributed by atoms with Crippen LogP contribution in [-0.4, -0.2) is 33.0 Å². The van der Waals surface area contributed by atoms with Crippen LogP contribution < -0.4 is 10.0 Å². The number of halogens is 1. The quantitative estimate of drug-likeness (QED) is 0.684. The average molecular weight is 385 g/mol. The minimum atomic E-state index is -3.55. The molecule has 0 spiro atoms. The van der Waals surface area contributed by atoms with Crippen LogP contribution in [-0.2, 0) is 16.6 Å². The summed E-state index contributed by atoms with van der Waals surface area (Å²) in [4.78, 5) is 0.154. The molecule has 1 aromatic rings. The van der Waals surface area contributed by atoms with Crippen molar-refractivity contribution in [1.29, 1.82) is 0 Å². The van der Waals surface area contributed by atoms with E-state index in [4.69, 9.17) is 4.42 Å². The van der Waals surface area contributed by atoms with Gasteiger partial charge in [0.25, 0.3) is 0 Å². The molecule has 116 valence electrons. The minimum Gasteiger partial charge on any atom is -0.452 e. The molecule has 0 fully saturated rings. The van der Waals surface area contributed by atoms with Crippen LogP contribution in [0.3, 0.4) is 0 Å². The standard InChI is InChI=1S/C12H21BrN2O3S2/c1-4-14-8-10-7-11(12(13)18-10)20(16,17)15-9(2)5-6-19-3/h7,9,14-15H,4-6,8H2,1-3H3. The van der Waals surface area contributed by atoms with Gasteiger partial charge in [0.05, 0.1) is 6.54 Å². The summed E-state index contributed by atoms with van der Waals surface area (Å²) in [5.41, 5.74) is 0. The lowest BCUT2D eigenvalue weighted by Gasteiger charge is -2.12. The summed E-state index contributed by atoms with van der Waals surface area (Å²) >= 11 is 4.87. The Morgan fingerprint density at radius 2 is 2.20 bits per heavy atom. The molecule has 20 heavy (non-hydrogen) atoms. The Morgan fingerprint density at radius 3 is 2.80 bits per heavy atom. The molecule has 0 radical (unpaired) electrons. The highest BCUT2D eigenvalue weighted by Gasteiger charge is 2.24. The Morgan fingerprint density at radius 1 is 1.50 bits per heavy atom. The van der Waals surface area contributed by atoms with E-state index in [1.54, 1.807) is 17.8 Å². The first-order chi connectivity index (χ1) is 9.40. The van der Waals surface area contributed by atoms with Crippen LogP contribution in [0.2, 0.25) is 0 Å². The molecule has 1 heterocycles. The second-order valence-electron chi connectivity index (χ2n) is 4.43. The molecule has 0 aliphatic heterocycles. The number of sulfonamides is 1. The van der Waals surface area contributed by atoms with Crippen molar-refractivity contribution in [1.82, 2.24) is 10.0 Å². The Hall–Kier alpha value is -0.0200. The lowest BCUT2D eigenvalue weighted by Crippen LogP contribution is -2.33. The predicted molar refractivity (Wildman–Crippen MR) is 86.6 cm³/mol. The zero-order chi connectivity index (χ0) is 15.2. The summed E-state index contributed by atoms with van der Waals surface area (Å²) in [6.45, 7) is 5.14. The van der Waals surface area contributed by atoms with Crippen LogP contribution in [0, 0.1) is 0 Å². The van der Waals surface area contributed by atoms with E-state index in [-0.39, 0.29) is 15.6 Å². The van der Waals surface area contributed by atoms with Crippen LogP contribution in [0.5, 0.6) is 0 Å². The Balaban J connectivity index is 2.78. The van der Waals surface area contributed by atoms with E-state index in [0.29, 0.717) is 12.3 Å². The number of furan rings is 1. The number of hydrogen-bond acceptors (Lipinski definition) is 5. The van der Waals surface area contributed by atoms with Gasteiger partial charge in [0.2, 0.25) is 10.0 Å². The molecular formula is C12H21BrN2O3S2. The summed E-state index contributed by atoms with van der Waals surface area (Å²) in [5.74, 6) is 1.51. The smallest absolute Gasteiger partial charge is 0.245 e. The fourth-order valence-electron chi connectivity index (χ4n) is 1.60. The molecule has 8 heteroatoms. The maximum Gasteiger partial charge on any atom is 0.245 e. The third-order valence-electron chi connectivity index (χ3n) is 2.66. The molecule has 0 saturated carbocycles. The number of thioether (sulfide) groups is 1. The highest BCUT2D eigenvalue weighted by molar-refractivity contribution is 9.10. The van der Waals surface area contributed by atoms with E-state index >= 15 is 0 Å². The van der Waals surface area contributed by atoms with Crippen LogP contribution >= 0.6 is 27.7 Å². The van der Waals surface area contributed by atoms with Crippen molar-refractivity contribution in [3.63, 3.8) is 0 Å². The molecule has 1 aromatic heterocycles. The van der Waals surface area contributed by atoms with Gasteiger partial charge in [-0.15, -0.1) is 0 Å². The topological polar surface area (TPSA) is 71.3 Å². The molecule has 0 amide bonds. The van der Waals surface area contributed by atoms with Gasteiger partial charge in [0.1, 0.15) is 10.7 Å². The van der Waals surface area contributed by atoms with Crippen LogP contribution in [0.4, 0.5) is 0 Å². The monoisotopic (exact) mass is 384 g/mol. The van der Waals surface area contributed by atoms with Gasteiger partial charge < -0.3 is 9.73 Å². The van der Waals surface area contributed by atoms with E-state index in [9.17, 15) is 8.42 Å². The van der Waals surface area contributed by atoms with Gasteiger partial charge in [0, 0.05) is 12.1 Å². The van der Waals surface area contributed by atoms with Gasteiger partial charge in [-0.25, -0.2) is 13.1 Å². The lowest BCUT2D eigenvalue weighted by molar-refractivity contribution is 0.463. The molecule has 5 nitrogen and oxygen atoms in total. The molecule has 0 saturated heterocycles. The van der Waals surface area contributed by atoms with Crippen molar-refractivity contribution in [2.45, 2.75) is 37.8 Å². The van der Waals surface area contributed by atoms with Crippen molar-refractivity contribution in [2.75, 3.05) is 18.6 Å². The summed E-state index contributed by atoms with van der Waals surface area (Å²) in [5, 5.41) is 3.09. The first-order valence-corrected chi connectivity index (χ1v) is 10.1. The Bertz CT molecular complexity index is 517. The zero-order valence-corrected chi connectivity index (χ0v) is 15.1. The molecular weight excluding hydrogens is 364 g/mol. The fraction of sp³-hybridized carbons (Fsp3) is 0.667. The van der Waals surface area contributed by atoms with E-state index in [2.05, 4.69) is 26.0 Å². The summed E-state index contributed by atoms with van der Waals surface area (Å²) in [6, 6.07) is 1.45. The van der Waals surface area contributed by atoms with Crippen molar-refractivity contribution in [3.05, 3.63) is 16.5 Å². The predicted octanol–water partition coefficient (Wildman–Crippen LogP) is 2.57. The maximum atomic E-state index is 12.3. The summed E-state index contributed by atoms with van der Waals surface area (Å²) in [6.07, 6.45) is 2.79. The highest BCUT2D eigenvalue weighted by atomic mass is 79.9. The number of hydrogen-bond donors (Lipinski definition) is 2. The summed E-state index contributed by atoms with van der Waals surface area (Å²) < 4.78 is 32.9. The first kappa shape index (κ1) is 18.0. The first-order valence-electron chi connectivity index (χ1n) is 6.41. The van der Waals surface area contributed by atoms with Crippen molar-refractivity contribution in [3.8, 4) is 0 Å². The van der Waals surface area contributed by atoms with E-state index in [1.807, 2.05) is 20.1 Å². The molecule has 1 rings (SSSR count). The summed E-state index contributed by atoms with van der Waals surface area (Å²) in [7, 11) is -3.55. The van der Waals surface area contributed by atoms with Crippen molar-refractivity contribution < 1.29 is 12.8 Å². The number of rotatable bonds is 9. The third kappa shape index (κ3) is 5.40. The Kier molecular flexibility index (Phi) is 7.60. The van der Waals surface area contributed by atoms with E-state index < -0.39 is 10.0 Å². The van der Waals surface area contributed by atoms with Crippen LogP contribution in [0.1, 0.15) is 26.0 Å². The molecule has 1 unspecified atom stereocenters. The largest absolute Gasteiger partial charge is 0.452 e. The van der Waals surface area contributed by atoms with Crippen molar-refractivity contribution in [2.24, 2.45) is 0 Å². The molecule has 0 bridgehead atoms. The van der Waals surface area contributed by atoms with Gasteiger partial charge in [0.15, 0.2) is 4.67 Å². The fourth-order valence-corrected chi connectivity index (χ4v) is 4.46. The molecule has 0 aliphatic carbocycles. The maximum absolute atomic E-state index is 12.3. The second-order valence-corrected chi connectivity index (χ2v) is 7.82. The van der Waals surface area contributed by atoms with Gasteiger partial charge in [-0.1, -0.05) is 6.92 Å². The van der Waals surface area contributed by atoms with E-state index in [1.165, 1.54) is 0 Å². The van der Waals surface area contributed by atoms with Gasteiger partial charge in [-0.05, 0) is 47.8 Å². The molecule has 2 N–H and O–H groups in total. The van der Waals surface area contributed by atoms with Crippen LogP contribution in [0.15, 0.2) is 20.0 Å². The molecule has 0 aliphatic rings. The lowest BCUT2D eigenvalue weighted by atomic mass is 10.3. The molecule has 1 atom stereocenters. The Labute approximate surface area is 133 Å². The van der Waals surface area contributed by atoms with Crippen LogP contribution in [0.25, 0.3) is 0 Å². The van der Waals surface area contributed by atoms with Gasteiger partial charge in [-0.2, -0.15) is 11.8 Å². The van der Waals surface area contributed by atoms with Crippen molar-refractivity contribution >= 4 is 37.7 Å². The normalized spacial score (nSPS) is 13.6. The minimum absolute atomic E-state index is 0.105. The average Bonchev–Trinajstić information content (AvgIpc) is 2.75. The zero-order valence-electron chi connectivity index (χ0n) is 11.9. The van der Waals surface area contributed by atoms with Gasteiger partial charge >= 0.3 is 0 Å². The highest BCUT2D eigenvalue weighted by Crippen LogP contribution is 2.26.